The number of aliphatic hydroxyl groups excluding tert-OH is 1. The average molecular weight is 290 g/mol. The molecule has 5 heteroatoms. The second-order valence-corrected chi connectivity index (χ2v) is 4.85. The second kappa shape index (κ2) is 6.43. The molecule has 1 aliphatic carbocycles. The fourth-order valence-electron chi connectivity index (χ4n) is 2.53. The summed E-state index contributed by atoms with van der Waals surface area (Å²) in [6.07, 6.45) is 1.28. The molecule has 0 amide bonds. The molecule has 5 nitrogen and oxygen atoms in total. The summed E-state index contributed by atoms with van der Waals surface area (Å²) in [5, 5.41) is 9.98. The zero-order valence-corrected chi connectivity index (χ0v) is 12.0. The topological polar surface area (TPSA) is 72.8 Å². The van der Waals surface area contributed by atoms with E-state index < -0.39 is 17.8 Å². The molecule has 2 rings (SSSR count). The highest BCUT2D eigenvalue weighted by Crippen LogP contribution is 2.37. The molecule has 0 unspecified atom stereocenters. The number of hydrogen-bond donors (Lipinski definition) is 1. The Morgan fingerprint density at radius 2 is 2.00 bits per heavy atom. The SMILES string of the molecule is CCOC(=O)[C@H]1C(O)=CC(=O)C[C@@H]1c1ccc(OC)cc1. The molecule has 0 radical (unpaired) electrons. The fraction of sp³-hybridized carbons (Fsp3) is 0.375. The number of allylic oxidation sites excluding steroid dienone is 1. The van der Waals surface area contributed by atoms with Gasteiger partial charge in [-0.1, -0.05) is 12.1 Å². The Balaban J connectivity index is 2.34. The largest absolute Gasteiger partial charge is 0.511 e. The summed E-state index contributed by atoms with van der Waals surface area (Å²) in [5.74, 6) is -1.52. The standard InChI is InChI=1S/C16H18O5/c1-3-21-16(19)15-13(8-11(17)9-14(15)18)10-4-6-12(20-2)7-5-10/h4-7,9,13,15,18H,3,8H2,1-2H3/t13-,15-/m1/s1. The predicted octanol–water partition coefficient (Wildman–Crippen LogP) is 2.37. The van der Waals surface area contributed by atoms with Crippen LogP contribution in [-0.4, -0.2) is 30.6 Å². The van der Waals surface area contributed by atoms with Crippen LogP contribution in [-0.2, 0) is 14.3 Å². The van der Waals surface area contributed by atoms with Crippen LogP contribution in [0.5, 0.6) is 5.75 Å². The maximum absolute atomic E-state index is 12.1. The minimum Gasteiger partial charge on any atom is -0.511 e. The zero-order chi connectivity index (χ0) is 15.4. The van der Waals surface area contributed by atoms with Gasteiger partial charge in [-0.2, -0.15) is 0 Å². The molecule has 1 N–H and O–H groups in total. The molecular weight excluding hydrogens is 272 g/mol. The molecule has 1 aromatic rings. The van der Waals surface area contributed by atoms with Crippen LogP contribution in [0.3, 0.4) is 0 Å². The van der Waals surface area contributed by atoms with Gasteiger partial charge in [-0.15, -0.1) is 0 Å². The van der Waals surface area contributed by atoms with Crippen molar-refractivity contribution < 1.29 is 24.2 Å². The summed E-state index contributed by atoms with van der Waals surface area (Å²) >= 11 is 0. The van der Waals surface area contributed by atoms with Crippen molar-refractivity contribution in [1.29, 1.82) is 0 Å². The van der Waals surface area contributed by atoms with E-state index in [2.05, 4.69) is 0 Å². The van der Waals surface area contributed by atoms with Crippen LogP contribution in [0.4, 0.5) is 0 Å². The van der Waals surface area contributed by atoms with Crippen molar-refractivity contribution >= 4 is 11.8 Å². The van der Waals surface area contributed by atoms with Crippen LogP contribution in [0.1, 0.15) is 24.8 Å². The van der Waals surface area contributed by atoms with Gasteiger partial charge >= 0.3 is 5.97 Å². The lowest BCUT2D eigenvalue weighted by Crippen LogP contribution is -2.31. The van der Waals surface area contributed by atoms with Crippen LogP contribution in [0, 0.1) is 5.92 Å². The number of methoxy groups -OCH3 is 1. The van der Waals surface area contributed by atoms with Crippen molar-refractivity contribution in [3.63, 3.8) is 0 Å². The van der Waals surface area contributed by atoms with Gasteiger partial charge in [-0.3, -0.25) is 9.59 Å². The number of rotatable bonds is 4. The molecular formula is C16H18O5. The van der Waals surface area contributed by atoms with E-state index in [4.69, 9.17) is 9.47 Å². The lowest BCUT2D eigenvalue weighted by molar-refractivity contribution is -0.148. The maximum atomic E-state index is 12.1. The summed E-state index contributed by atoms with van der Waals surface area (Å²) in [6.45, 7) is 1.93. The third kappa shape index (κ3) is 3.24. The Hall–Kier alpha value is -2.30. The number of hydrogen-bond acceptors (Lipinski definition) is 5. The normalized spacial score (nSPS) is 21.6. The number of ketones is 1. The van der Waals surface area contributed by atoms with E-state index in [0.717, 1.165) is 11.6 Å². The van der Waals surface area contributed by atoms with Crippen molar-refractivity contribution in [3.8, 4) is 5.75 Å². The predicted molar refractivity (Wildman–Crippen MR) is 76.2 cm³/mol. The number of ether oxygens (including phenoxy) is 2. The van der Waals surface area contributed by atoms with Gasteiger partial charge in [0.05, 0.1) is 13.7 Å². The van der Waals surface area contributed by atoms with Crippen LogP contribution >= 0.6 is 0 Å². The molecule has 0 bridgehead atoms. The number of aliphatic hydroxyl groups is 1. The molecule has 0 spiro atoms. The molecule has 0 aromatic heterocycles. The number of carbonyl (C=O) groups excluding carboxylic acids is 2. The third-order valence-corrected chi connectivity index (χ3v) is 3.54. The fourth-order valence-corrected chi connectivity index (χ4v) is 2.53. The molecule has 0 heterocycles. The van der Waals surface area contributed by atoms with Crippen molar-refractivity contribution in [2.75, 3.05) is 13.7 Å². The first kappa shape index (κ1) is 15.1. The molecule has 112 valence electrons. The number of benzene rings is 1. The molecule has 1 aliphatic rings. The van der Waals surface area contributed by atoms with Gasteiger partial charge in [0.1, 0.15) is 17.4 Å². The van der Waals surface area contributed by atoms with Gasteiger partial charge in [-0.05, 0) is 24.6 Å². The van der Waals surface area contributed by atoms with E-state index in [1.54, 1.807) is 38.3 Å². The summed E-state index contributed by atoms with van der Waals surface area (Å²) < 4.78 is 10.1. The van der Waals surface area contributed by atoms with E-state index in [9.17, 15) is 14.7 Å². The molecule has 0 fully saturated rings. The Labute approximate surface area is 123 Å². The summed E-state index contributed by atoms with van der Waals surface area (Å²) in [6, 6.07) is 7.11. The lowest BCUT2D eigenvalue weighted by Gasteiger charge is -2.28. The highest BCUT2D eigenvalue weighted by atomic mass is 16.5. The summed E-state index contributed by atoms with van der Waals surface area (Å²) in [5.41, 5.74) is 0.793. The first-order chi connectivity index (χ1) is 10.1. The first-order valence-corrected chi connectivity index (χ1v) is 6.80. The van der Waals surface area contributed by atoms with Gasteiger partial charge in [-0.25, -0.2) is 0 Å². The van der Waals surface area contributed by atoms with Crippen molar-refractivity contribution in [3.05, 3.63) is 41.7 Å². The van der Waals surface area contributed by atoms with Crippen molar-refractivity contribution in [2.24, 2.45) is 5.92 Å². The number of carbonyl (C=O) groups is 2. The van der Waals surface area contributed by atoms with Gasteiger partial charge < -0.3 is 14.6 Å². The average Bonchev–Trinajstić information content (AvgIpc) is 2.46. The van der Waals surface area contributed by atoms with Crippen LogP contribution < -0.4 is 4.74 Å². The van der Waals surface area contributed by atoms with E-state index in [1.807, 2.05) is 0 Å². The van der Waals surface area contributed by atoms with Gasteiger partial charge in [0, 0.05) is 18.4 Å². The van der Waals surface area contributed by atoms with Gasteiger partial charge in [0.2, 0.25) is 0 Å². The molecule has 0 saturated heterocycles. The Morgan fingerprint density at radius 3 is 2.57 bits per heavy atom. The zero-order valence-electron chi connectivity index (χ0n) is 12.0. The molecule has 21 heavy (non-hydrogen) atoms. The minimum atomic E-state index is -0.837. The van der Waals surface area contributed by atoms with E-state index in [0.29, 0.717) is 5.75 Å². The summed E-state index contributed by atoms with van der Waals surface area (Å²) in [4.78, 5) is 23.8. The quantitative estimate of drug-likeness (QED) is 0.862. The Morgan fingerprint density at radius 1 is 1.33 bits per heavy atom. The van der Waals surface area contributed by atoms with Gasteiger partial charge in [0.25, 0.3) is 0 Å². The molecule has 0 aliphatic heterocycles. The summed E-state index contributed by atoms with van der Waals surface area (Å²) in [7, 11) is 1.56. The lowest BCUT2D eigenvalue weighted by atomic mass is 9.77. The third-order valence-electron chi connectivity index (χ3n) is 3.54. The second-order valence-electron chi connectivity index (χ2n) is 4.85. The smallest absolute Gasteiger partial charge is 0.317 e. The van der Waals surface area contributed by atoms with E-state index in [-0.39, 0.29) is 24.6 Å². The monoisotopic (exact) mass is 290 g/mol. The van der Waals surface area contributed by atoms with E-state index >= 15 is 0 Å². The van der Waals surface area contributed by atoms with Crippen LogP contribution in [0.25, 0.3) is 0 Å². The number of esters is 1. The molecule has 1 aromatic carbocycles. The van der Waals surface area contributed by atoms with Crippen molar-refractivity contribution in [2.45, 2.75) is 19.3 Å². The Bertz CT molecular complexity index is 559. The molecule has 0 saturated carbocycles. The van der Waals surface area contributed by atoms with Gasteiger partial charge in [0.15, 0.2) is 5.78 Å². The van der Waals surface area contributed by atoms with E-state index in [1.165, 1.54) is 0 Å². The maximum Gasteiger partial charge on any atom is 0.317 e. The highest BCUT2D eigenvalue weighted by Gasteiger charge is 2.38. The van der Waals surface area contributed by atoms with Crippen LogP contribution in [0.2, 0.25) is 0 Å². The minimum absolute atomic E-state index is 0.167. The van der Waals surface area contributed by atoms with Crippen LogP contribution in [0.15, 0.2) is 36.1 Å². The first-order valence-electron chi connectivity index (χ1n) is 6.80. The highest BCUT2D eigenvalue weighted by molar-refractivity contribution is 5.94. The molecule has 2 atom stereocenters. The Kier molecular flexibility index (Phi) is 4.62. The van der Waals surface area contributed by atoms with Crippen molar-refractivity contribution in [1.82, 2.24) is 0 Å².